The molecule has 0 aromatic carbocycles. The van der Waals surface area contributed by atoms with Gasteiger partial charge in [0.05, 0.1) is 0 Å². The van der Waals surface area contributed by atoms with Crippen LogP contribution < -0.4 is 5.73 Å². The predicted octanol–water partition coefficient (Wildman–Crippen LogP) is 2.26. The zero-order chi connectivity index (χ0) is 11.1. The highest BCUT2D eigenvalue weighted by Crippen LogP contribution is 2.07. The lowest BCUT2D eigenvalue weighted by Gasteiger charge is -2.10. The van der Waals surface area contributed by atoms with Crippen LogP contribution in [0.2, 0.25) is 0 Å². The van der Waals surface area contributed by atoms with Crippen molar-refractivity contribution in [2.75, 3.05) is 0 Å². The predicted molar refractivity (Wildman–Crippen MR) is 63.6 cm³/mol. The van der Waals surface area contributed by atoms with Crippen molar-refractivity contribution in [1.29, 1.82) is 0 Å². The van der Waals surface area contributed by atoms with Gasteiger partial charge in [0, 0.05) is 31.9 Å². The molecule has 0 saturated carbocycles. The second-order valence-electron chi connectivity index (χ2n) is 4.25. The molecule has 2 N–H and O–H groups in total. The summed E-state index contributed by atoms with van der Waals surface area (Å²) in [5, 5.41) is 0. The molecule has 0 saturated heterocycles. The first-order chi connectivity index (χ1) is 7.24. The van der Waals surface area contributed by atoms with Gasteiger partial charge >= 0.3 is 0 Å². The van der Waals surface area contributed by atoms with Gasteiger partial charge in [0.25, 0.3) is 0 Å². The van der Waals surface area contributed by atoms with Crippen LogP contribution in [-0.4, -0.2) is 15.6 Å². The summed E-state index contributed by atoms with van der Waals surface area (Å²) >= 11 is 0. The fourth-order valence-corrected chi connectivity index (χ4v) is 1.75. The molecule has 3 nitrogen and oxygen atoms in total. The minimum Gasteiger partial charge on any atom is -0.338 e. The Morgan fingerprint density at radius 3 is 2.80 bits per heavy atom. The van der Waals surface area contributed by atoms with Crippen molar-refractivity contribution in [1.82, 2.24) is 9.55 Å². The van der Waals surface area contributed by atoms with Gasteiger partial charge in [0.15, 0.2) is 0 Å². The third-order valence-corrected chi connectivity index (χ3v) is 2.84. The Kier molecular flexibility index (Phi) is 5.40. The largest absolute Gasteiger partial charge is 0.338 e. The Hall–Kier alpha value is -0.830. The Morgan fingerprint density at radius 2 is 2.20 bits per heavy atom. The molecular formula is C12H23N3. The van der Waals surface area contributed by atoms with E-state index in [1.165, 1.54) is 19.3 Å². The third kappa shape index (κ3) is 4.47. The van der Waals surface area contributed by atoms with E-state index in [4.69, 9.17) is 5.73 Å². The lowest BCUT2D eigenvalue weighted by atomic mass is 10.0. The molecule has 0 aliphatic carbocycles. The topological polar surface area (TPSA) is 43.8 Å². The van der Waals surface area contributed by atoms with Gasteiger partial charge in [-0.2, -0.15) is 0 Å². The minimum absolute atomic E-state index is 0.341. The van der Waals surface area contributed by atoms with E-state index < -0.39 is 0 Å². The van der Waals surface area contributed by atoms with Crippen LogP contribution in [0.3, 0.4) is 0 Å². The number of nitrogens with zero attached hydrogens (tertiary/aromatic N) is 2. The maximum Gasteiger partial charge on any atom is 0.108 e. The average Bonchev–Trinajstić information content (AvgIpc) is 2.61. The lowest BCUT2D eigenvalue weighted by Crippen LogP contribution is -2.21. The zero-order valence-electron chi connectivity index (χ0n) is 9.95. The monoisotopic (exact) mass is 209 g/mol. The molecule has 0 aliphatic heterocycles. The van der Waals surface area contributed by atoms with Crippen LogP contribution in [0.5, 0.6) is 0 Å². The first-order valence-electron chi connectivity index (χ1n) is 5.95. The molecule has 1 aromatic rings. The molecule has 0 amide bonds. The second kappa shape index (κ2) is 6.62. The van der Waals surface area contributed by atoms with Crippen LogP contribution in [0.4, 0.5) is 0 Å². The molecule has 0 bridgehead atoms. The van der Waals surface area contributed by atoms with Gasteiger partial charge in [-0.15, -0.1) is 0 Å². The molecule has 1 unspecified atom stereocenters. The molecule has 0 aliphatic rings. The highest BCUT2D eigenvalue weighted by Gasteiger charge is 2.05. The molecule has 86 valence electrons. The van der Waals surface area contributed by atoms with Crippen LogP contribution in [0, 0.1) is 0 Å². The van der Waals surface area contributed by atoms with E-state index >= 15 is 0 Å². The van der Waals surface area contributed by atoms with Gasteiger partial charge in [-0.25, -0.2) is 4.98 Å². The number of rotatable bonds is 7. The molecule has 0 radical (unpaired) electrons. The van der Waals surface area contributed by atoms with E-state index in [2.05, 4.69) is 16.5 Å². The Labute approximate surface area is 92.7 Å². The Morgan fingerprint density at radius 1 is 1.40 bits per heavy atom. The molecular weight excluding hydrogens is 186 g/mol. The molecule has 0 fully saturated rings. The Balaban J connectivity index is 2.16. The smallest absolute Gasteiger partial charge is 0.108 e. The number of hydrogen-bond donors (Lipinski definition) is 1. The number of aromatic nitrogens is 2. The molecule has 0 spiro atoms. The standard InChI is InChI=1S/C12H23N3/c1-3-4-5-6-11(13)7-8-12-14-9-10-15(12)2/h9-11H,3-8,13H2,1-2H3. The normalized spacial score (nSPS) is 13.0. The fourth-order valence-electron chi connectivity index (χ4n) is 1.75. The highest BCUT2D eigenvalue weighted by atomic mass is 15.0. The molecule has 3 heteroatoms. The van der Waals surface area contributed by atoms with Gasteiger partial charge in [-0.3, -0.25) is 0 Å². The summed E-state index contributed by atoms with van der Waals surface area (Å²) in [5.74, 6) is 1.14. The van der Waals surface area contributed by atoms with Crippen LogP contribution in [-0.2, 0) is 13.5 Å². The van der Waals surface area contributed by atoms with Gasteiger partial charge in [-0.1, -0.05) is 26.2 Å². The number of hydrogen-bond acceptors (Lipinski definition) is 2. The van der Waals surface area contributed by atoms with E-state index in [-0.39, 0.29) is 0 Å². The fraction of sp³-hybridized carbons (Fsp3) is 0.750. The van der Waals surface area contributed by atoms with Gasteiger partial charge < -0.3 is 10.3 Å². The number of imidazole rings is 1. The molecule has 1 heterocycles. The summed E-state index contributed by atoms with van der Waals surface area (Å²) in [6.45, 7) is 2.22. The lowest BCUT2D eigenvalue weighted by molar-refractivity contribution is 0.520. The van der Waals surface area contributed by atoms with Crippen molar-refractivity contribution in [3.63, 3.8) is 0 Å². The van der Waals surface area contributed by atoms with E-state index in [1.807, 2.05) is 19.4 Å². The number of aryl methyl sites for hydroxylation is 2. The maximum absolute atomic E-state index is 6.04. The van der Waals surface area contributed by atoms with Gasteiger partial charge in [0.2, 0.25) is 0 Å². The summed E-state index contributed by atoms with van der Waals surface area (Å²) in [5.41, 5.74) is 6.04. The molecule has 1 rings (SSSR count). The second-order valence-corrected chi connectivity index (χ2v) is 4.25. The van der Waals surface area contributed by atoms with Crippen molar-refractivity contribution in [2.45, 2.75) is 51.5 Å². The van der Waals surface area contributed by atoms with Crippen molar-refractivity contribution in [2.24, 2.45) is 12.8 Å². The maximum atomic E-state index is 6.04. The van der Waals surface area contributed by atoms with Gasteiger partial charge in [0.1, 0.15) is 5.82 Å². The van der Waals surface area contributed by atoms with Crippen molar-refractivity contribution < 1.29 is 0 Å². The first kappa shape index (κ1) is 12.2. The van der Waals surface area contributed by atoms with E-state index in [0.717, 1.165) is 25.1 Å². The summed E-state index contributed by atoms with van der Waals surface area (Å²) in [6.07, 6.45) is 10.9. The zero-order valence-corrected chi connectivity index (χ0v) is 9.95. The minimum atomic E-state index is 0.341. The first-order valence-corrected chi connectivity index (χ1v) is 5.95. The van der Waals surface area contributed by atoms with E-state index in [0.29, 0.717) is 6.04 Å². The quantitative estimate of drug-likeness (QED) is 0.700. The third-order valence-electron chi connectivity index (χ3n) is 2.84. The van der Waals surface area contributed by atoms with Crippen LogP contribution >= 0.6 is 0 Å². The molecule has 1 aromatic heterocycles. The number of nitrogens with two attached hydrogens (primary N) is 1. The summed E-state index contributed by atoms with van der Waals surface area (Å²) < 4.78 is 2.07. The summed E-state index contributed by atoms with van der Waals surface area (Å²) in [4.78, 5) is 4.29. The van der Waals surface area contributed by atoms with Crippen LogP contribution in [0.25, 0.3) is 0 Å². The highest BCUT2D eigenvalue weighted by molar-refractivity contribution is 4.91. The SMILES string of the molecule is CCCCCC(N)CCc1nccn1C. The molecule has 15 heavy (non-hydrogen) atoms. The number of unbranched alkanes of at least 4 members (excludes halogenated alkanes) is 2. The summed E-state index contributed by atoms with van der Waals surface area (Å²) in [6, 6.07) is 0.341. The van der Waals surface area contributed by atoms with Crippen molar-refractivity contribution >= 4 is 0 Å². The van der Waals surface area contributed by atoms with Gasteiger partial charge in [-0.05, 0) is 12.8 Å². The van der Waals surface area contributed by atoms with Crippen LogP contribution in [0.1, 0.15) is 44.9 Å². The van der Waals surface area contributed by atoms with E-state index in [9.17, 15) is 0 Å². The van der Waals surface area contributed by atoms with Crippen molar-refractivity contribution in [3.05, 3.63) is 18.2 Å². The summed E-state index contributed by atoms with van der Waals surface area (Å²) in [7, 11) is 2.03. The molecule has 1 atom stereocenters. The van der Waals surface area contributed by atoms with Crippen LogP contribution in [0.15, 0.2) is 12.4 Å². The van der Waals surface area contributed by atoms with E-state index in [1.54, 1.807) is 0 Å². The van der Waals surface area contributed by atoms with Crippen molar-refractivity contribution in [3.8, 4) is 0 Å². The Bertz CT molecular complexity index is 268. The average molecular weight is 209 g/mol.